The van der Waals surface area contributed by atoms with Gasteiger partial charge in [-0.25, -0.2) is 0 Å². The lowest BCUT2D eigenvalue weighted by Crippen LogP contribution is -2.44. The number of nitrogens with one attached hydrogen (secondary N) is 1. The van der Waals surface area contributed by atoms with E-state index in [-0.39, 0.29) is 29.8 Å². The first-order chi connectivity index (χ1) is 8.65. The topological polar surface area (TPSA) is 69.6 Å². The lowest BCUT2D eigenvalue weighted by atomic mass is 9.97. The summed E-state index contributed by atoms with van der Waals surface area (Å²) in [5.41, 5.74) is 0. The molecule has 0 aromatic rings. The first-order valence-electron chi connectivity index (χ1n) is 6.88. The highest BCUT2D eigenvalue weighted by molar-refractivity contribution is 5.84. The zero-order valence-electron chi connectivity index (χ0n) is 10.5. The van der Waals surface area contributed by atoms with Gasteiger partial charge in [-0.2, -0.15) is 0 Å². The van der Waals surface area contributed by atoms with Crippen LogP contribution in [0, 0.1) is 17.8 Å². The molecule has 2 amide bonds. The lowest BCUT2D eigenvalue weighted by molar-refractivity contribution is -0.136. The molecule has 2 N–H and O–H groups in total. The van der Waals surface area contributed by atoms with Crippen LogP contribution in [0.5, 0.6) is 0 Å². The molecule has 2 aliphatic heterocycles. The third-order valence-electron chi connectivity index (χ3n) is 4.75. The molecule has 0 aromatic heterocycles. The summed E-state index contributed by atoms with van der Waals surface area (Å²) < 4.78 is 0. The second-order valence-electron chi connectivity index (χ2n) is 5.85. The van der Waals surface area contributed by atoms with E-state index in [4.69, 9.17) is 0 Å². The van der Waals surface area contributed by atoms with Crippen molar-refractivity contribution in [1.82, 2.24) is 10.2 Å². The van der Waals surface area contributed by atoms with Gasteiger partial charge in [0.05, 0.1) is 12.0 Å². The van der Waals surface area contributed by atoms with Gasteiger partial charge in [-0.1, -0.05) is 0 Å². The van der Waals surface area contributed by atoms with Crippen LogP contribution in [0.25, 0.3) is 0 Å². The Morgan fingerprint density at radius 3 is 2.78 bits per heavy atom. The smallest absolute Gasteiger partial charge is 0.227 e. The summed E-state index contributed by atoms with van der Waals surface area (Å²) >= 11 is 0. The molecule has 4 atom stereocenters. The van der Waals surface area contributed by atoms with Gasteiger partial charge in [0.2, 0.25) is 11.8 Å². The first-order valence-corrected chi connectivity index (χ1v) is 6.88. The molecule has 3 fully saturated rings. The molecule has 5 nitrogen and oxygen atoms in total. The van der Waals surface area contributed by atoms with Gasteiger partial charge in [0.15, 0.2) is 0 Å². The van der Waals surface area contributed by atoms with Crippen molar-refractivity contribution < 1.29 is 14.7 Å². The molecule has 3 aliphatic rings. The molecule has 100 valence electrons. The minimum absolute atomic E-state index is 0.0489. The summed E-state index contributed by atoms with van der Waals surface area (Å²) in [5.74, 6) is 0.928. The first kappa shape index (κ1) is 12.0. The summed E-state index contributed by atoms with van der Waals surface area (Å²) in [6.45, 7) is 1.98. The maximum Gasteiger partial charge on any atom is 0.227 e. The fraction of sp³-hybridized carbons (Fsp3) is 0.846. The summed E-state index contributed by atoms with van der Waals surface area (Å²) in [4.78, 5) is 25.3. The Bertz CT molecular complexity index is 361. The molecule has 1 saturated carbocycles. The van der Waals surface area contributed by atoms with Crippen molar-refractivity contribution in [3.8, 4) is 0 Å². The Morgan fingerprint density at radius 1 is 1.28 bits per heavy atom. The Kier molecular flexibility index (Phi) is 3.01. The number of hydrogen-bond donors (Lipinski definition) is 2. The molecule has 0 aromatic carbocycles. The van der Waals surface area contributed by atoms with Crippen LogP contribution in [0.15, 0.2) is 0 Å². The molecule has 5 heteroatoms. The van der Waals surface area contributed by atoms with E-state index >= 15 is 0 Å². The highest BCUT2D eigenvalue weighted by Gasteiger charge is 2.44. The van der Waals surface area contributed by atoms with Gasteiger partial charge in [0.1, 0.15) is 0 Å². The van der Waals surface area contributed by atoms with Crippen LogP contribution >= 0.6 is 0 Å². The SMILES string of the molecule is O=C1CCC(C(=O)N2CC3CCC(O)C3C2)CN1. The number of hydrogen-bond acceptors (Lipinski definition) is 3. The summed E-state index contributed by atoms with van der Waals surface area (Å²) in [6, 6.07) is 0. The number of nitrogens with zero attached hydrogens (tertiary/aromatic N) is 1. The summed E-state index contributed by atoms with van der Waals surface area (Å²) in [7, 11) is 0. The van der Waals surface area contributed by atoms with Crippen molar-refractivity contribution in [3.05, 3.63) is 0 Å². The molecule has 0 spiro atoms. The van der Waals surface area contributed by atoms with E-state index in [1.54, 1.807) is 0 Å². The largest absolute Gasteiger partial charge is 0.393 e. The van der Waals surface area contributed by atoms with Gasteiger partial charge in [-0.3, -0.25) is 9.59 Å². The van der Waals surface area contributed by atoms with E-state index in [0.717, 1.165) is 19.4 Å². The zero-order chi connectivity index (χ0) is 12.7. The molecule has 2 saturated heterocycles. The van der Waals surface area contributed by atoms with Crippen molar-refractivity contribution in [2.45, 2.75) is 31.8 Å². The number of rotatable bonds is 1. The Labute approximate surface area is 107 Å². The maximum atomic E-state index is 12.3. The van der Waals surface area contributed by atoms with E-state index in [2.05, 4.69) is 5.32 Å². The Hall–Kier alpha value is -1.10. The number of piperidine rings is 1. The van der Waals surface area contributed by atoms with Gasteiger partial charge in [0, 0.05) is 32.0 Å². The average molecular weight is 252 g/mol. The molecule has 3 rings (SSSR count). The van der Waals surface area contributed by atoms with Crippen LogP contribution in [-0.4, -0.2) is 47.6 Å². The lowest BCUT2D eigenvalue weighted by Gasteiger charge is -2.27. The Morgan fingerprint density at radius 2 is 2.11 bits per heavy atom. The quantitative estimate of drug-likeness (QED) is 0.675. The second-order valence-corrected chi connectivity index (χ2v) is 5.85. The van der Waals surface area contributed by atoms with Gasteiger partial charge in [-0.05, 0) is 25.2 Å². The number of aliphatic hydroxyl groups is 1. The third-order valence-corrected chi connectivity index (χ3v) is 4.75. The van der Waals surface area contributed by atoms with E-state index in [0.29, 0.717) is 31.8 Å². The van der Waals surface area contributed by atoms with Gasteiger partial charge < -0.3 is 15.3 Å². The molecule has 2 heterocycles. The van der Waals surface area contributed by atoms with E-state index < -0.39 is 0 Å². The van der Waals surface area contributed by atoms with Crippen molar-refractivity contribution in [2.24, 2.45) is 17.8 Å². The van der Waals surface area contributed by atoms with Crippen molar-refractivity contribution >= 4 is 11.8 Å². The van der Waals surface area contributed by atoms with Crippen LogP contribution in [0.4, 0.5) is 0 Å². The number of likely N-dealkylation sites (tertiary alicyclic amines) is 1. The average Bonchev–Trinajstić information content (AvgIpc) is 2.92. The number of amides is 2. The van der Waals surface area contributed by atoms with E-state index in [1.807, 2.05) is 4.90 Å². The van der Waals surface area contributed by atoms with Crippen LogP contribution in [-0.2, 0) is 9.59 Å². The van der Waals surface area contributed by atoms with Crippen molar-refractivity contribution in [2.75, 3.05) is 19.6 Å². The van der Waals surface area contributed by atoms with E-state index in [9.17, 15) is 14.7 Å². The monoisotopic (exact) mass is 252 g/mol. The molecule has 0 radical (unpaired) electrons. The van der Waals surface area contributed by atoms with Gasteiger partial charge in [0.25, 0.3) is 0 Å². The van der Waals surface area contributed by atoms with Crippen molar-refractivity contribution in [1.29, 1.82) is 0 Å². The predicted octanol–water partition coefficient (Wildman–Crippen LogP) is -0.258. The van der Waals surface area contributed by atoms with Crippen LogP contribution < -0.4 is 5.32 Å². The van der Waals surface area contributed by atoms with Gasteiger partial charge in [-0.15, -0.1) is 0 Å². The minimum Gasteiger partial charge on any atom is -0.393 e. The highest BCUT2D eigenvalue weighted by Crippen LogP contribution is 2.38. The fourth-order valence-corrected chi connectivity index (χ4v) is 3.62. The maximum absolute atomic E-state index is 12.3. The number of carbonyl (C=O) groups excluding carboxylic acids is 2. The van der Waals surface area contributed by atoms with Crippen LogP contribution in [0.2, 0.25) is 0 Å². The summed E-state index contributed by atoms with van der Waals surface area (Å²) in [5, 5.41) is 12.6. The molecule has 18 heavy (non-hydrogen) atoms. The van der Waals surface area contributed by atoms with E-state index in [1.165, 1.54) is 0 Å². The standard InChI is InChI=1S/C13H20N2O3/c16-11-3-1-9-6-15(7-10(9)11)13(18)8-2-4-12(17)14-5-8/h8-11,16H,1-7H2,(H,14,17). The van der Waals surface area contributed by atoms with Gasteiger partial charge >= 0.3 is 0 Å². The zero-order valence-corrected chi connectivity index (χ0v) is 10.5. The van der Waals surface area contributed by atoms with Crippen LogP contribution in [0.3, 0.4) is 0 Å². The van der Waals surface area contributed by atoms with Crippen LogP contribution in [0.1, 0.15) is 25.7 Å². The molecule has 4 unspecified atom stereocenters. The Balaban J connectivity index is 1.59. The highest BCUT2D eigenvalue weighted by atomic mass is 16.3. The number of aliphatic hydroxyl groups excluding tert-OH is 1. The predicted molar refractivity (Wildman–Crippen MR) is 64.5 cm³/mol. The molecular formula is C13H20N2O3. The normalized spacial score (nSPS) is 39.6. The number of fused-ring (bicyclic) bond motifs is 1. The molecule has 0 bridgehead atoms. The third kappa shape index (κ3) is 2.00. The van der Waals surface area contributed by atoms with Crippen molar-refractivity contribution in [3.63, 3.8) is 0 Å². The molecule has 1 aliphatic carbocycles. The second kappa shape index (κ2) is 4.53. The fourth-order valence-electron chi connectivity index (χ4n) is 3.62. The molecular weight excluding hydrogens is 232 g/mol. The number of carbonyl (C=O) groups is 2. The minimum atomic E-state index is -0.223. The summed E-state index contributed by atoms with van der Waals surface area (Å²) in [6.07, 6.45) is 2.82.